The van der Waals surface area contributed by atoms with E-state index in [2.05, 4.69) is 73.8 Å². The van der Waals surface area contributed by atoms with Crippen molar-refractivity contribution in [1.82, 2.24) is 9.88 Å². The van der Waals surface area contributed by atoms with Crippen LogP contribution in [0.3, 0.4) is 0 Å². The van der Waals surface area contributed by atoms with Crippen LogP contribution in [0.4, 0.5) is 0 Å². The van der Waals surface area contributed by atoms with Crippen LogP contribution in [0.2, 0.25) is 0 Å². The minimum atomic E-state index is -0.889. The summed E-state index contributed by atoms with van der Waals surface area (Å²) in [7, 11) is 0. The number of fused-ring (bicyclic) bond motifs is 1. The van der Waals surface area contributed by atoms with Crippen molar-refractivity contribution >= 4 is 16.9 Å². The number of nitrogens with one attached hydrogen (secondary N) is 1. The molecule has 1 aromatic heterocycles. The van der Waals surface area contributed by atoms with Gasteiger partial charge in [0.15, 0.2) is 0 Å². The van der Waals surface area contributed by atoms with Gasteiger partial charge in [-0.25, -0.2) is 4.79 Å². The van der Waals surface area contributed by atoms with Crippen LogP contribution in [0.1, 0.15) is 51.1 Å². The highest BCUT2D eigenvalue weighted by Crippen LogP contribution is 2.29. The molecule has 0 amide bonds. The van der Waals surface area contributed by atoms with Gasteiger partial charge in [0.1, 0.15) is 5.69 Å². The summed E-state index contributed by atoms with van der Waals surface area (Å²) in [5, 5.41) is 14.7. The van der Waals surface area contributed by atoms with Crippen molar-refractivity contribution in [2.75, 3.05) is 6.54 Å². The second kappa shape index (κ2) is 9.41. The minimum Gasteiger partial charge on any atom is -0.477 e. The van der Waals surface area contributed by atoms with Crippen molar-refractivity contribution in [3.8, 4) is 0 Å². The Balaban J connectivity index is 1.69. The third-order valence-electron chi connectivity index (χ3n) is 6.24. The summed E-state index contributed by atoms with van der Waals surface area (Å²) in [6.07, 6.45) is 0. The fourth-order valence-electron chi connectivity index (χ4n) is 4.39. The molecule has 0 bridgehead atoms. The Morgan fingerprint density at radius 3 is 2.44 bits per heavy atom. The highest BCUT2D eigenvalue weighted by Gasteiger charge is 2.23. The summed E-state index contributed by atoms with van der Waals surface area (Å²) >= 11 is 0. The van der Waals surface area contributed by atoms with Crippen molar-refractivity contribution < 1.29 is 9.90 Å². The molecule has 0 unspecified atom stereocenters. The largest absolute Gasteiger partial charge is 0.477 e. The number of aromatic carboxylic acids is 1. The van der Waals surface area contributed by atoms with Crippen LogP contribution in [-0.4, -0.2) is 22.2 Å². The summed E-state index contributed by atoms with van der Waals surface area (Å²) in [6.45, 7) is 8.13. The molecule has 0 saturated heterocycles. The summed E-state index contributed by atoms with van der Waals surface area (Å²) < 4.78 is 1.96. The van der Waals surface area contributed by atoms with E-state index in [9.17, 15) is 9.90 Å². The first-order valence-corrected chi connectivity index (χ1v) is 11.1. The first kappa shape index (κ1) is 21.8. The summed E-state index contributed by atoms with van der Waals surface area (Å²) in [4.78, 5) is 12.4. The molecule has 0 aliphatic carbocycles. The number of carboxylic acids is 1. The third-order valence-corrected chi connectivity index (χ3v) is 6.24. The van der Waals surface area contributed by atoms with E-state index >= 15 is 0 Å². The summed E-state index contributed by atoms with van der Waals surface area (Å²) in [6, 6.07) is 24.8. The third kappa shape index (κ3) is 4.46. The Labute approximate surface area is 189 Å². The van der Waals surface area contributed by atoms with Crippen LogP contribution in [0.15, 0.2) is 72.8 Å². The molecule has 4 rings (SSSR count). The van der Waals surface area contributed by atoms with Gasteiger partial charge < -0.3 is 15.0 Å². The summed E-state index contributed by atoms with van der Waals surface area (Å²) in [5.74, 6) is -0.549. The predicted octanol–water partition coefficient (Wildman–Crippen LogP) is 5.90. The van der Waals surface area contributed by atoms with Crippen LogP contribution in [-0.2, 0) is 13.1 Å². The van der Waals surface area contributed by atoms with Crippen LogP contribution in [0.25, 0.3) is 10.9 Å². The lowest BCUT2D eigenvalue weighted by Crippen LogP contribution is -2.21. The molecule has 3 aromatic carbocycles. The van der Waals surface area contributed by atoms with Crippen LogP contribution in [0, 0.1) is 13.8 Å². The maximum absolute atomic E-state index is 12.4. The topological polar surface area (TPSA) is 54.3 Å². The van der Waals surface area contributed by atoms with Gasteiger partial charge in [-0.2, -0.15) is 0 Å². The number of hydrogen-bond donors (Lipinski definition) is 2. The number of hydrogen-bond acceptors (Lipinski definition) is 2. The molecular weight excluding hydrogens is 396 g/mol. The lowest BCUT2D eigenvalue weighted by atomic mass is 10.0. The van der Waals surface area contributed by atoms with Gasteiger partial charge in [0.25, 0.3) is 0 Å². The molecule has 2 N–H and O–H groups in total. The molecule has 32 heavy (non-hydrogen) atoms. The van der Waals surface area contributed by atoms with E-state index < -0.39 is 5.97 Å². The SMILES string of the molecule is Cc1ccc2c(CNC[C@@H](C)c3ccccc3)c(C(=O)O)n(Cc3ccccc3C)c2c1. The Morgan fingerprint density at radius 1 is 1.00 bits per heavy atom. The minimum absolute atomic E-state index is 0.340. The highest BCUT2D eigenvalue weighted by molar-refractivity contribution is 5.98. The lowest BCUT2D eigenvalue weighted by molar-refractivity contribution is 0.0684. The highest BCUT2D eigenvalue weighted by atomic mass is 16.4. The molecule has 0 aliphatic heterocycles. The number of aryl methyl sites for hydroxylation is 2. The van der Waals surface area contributed by atoms with Gasteiger partial charge in [-0.05, 0) is 48.1 Å². The number of nitrogens with zero attached hydrogens (tertiary/aromatic N) is 1. The average Bonchev–Trinajstić information content (AvgIpc) is 3.08. The van der Waals surface area contributed by atoms with E-state index in [1.165, 1.54) is 5.56 Å². The molecule has 0 fully saturated rings. The molecule has 4 aromatic rings. The van der Waals surface area contributed by atoms with Crippen LogP contribution in [0.5, 0.6) is 0 Å². The van der Waals surface area contributed by atoms with E-state index in [1.54, 1.807) is 0 Å². The summed E-state index contributed by atoms with van der Waals surface area (Å²) in [5.41, 5.74) is 6.88. The monoisotopic (exact) mass is 426 g/mol. The molecular formula is C28H30N2O2. The van der Waals surface area contributed by atoms with Gasteiger partial charge in [-0.1, -0.05) is 73.7 Å². The molecule has 1 heterocycles. The van der Waals surface area contributed by atoms with Gasteiger partial charge in [0.2, 0.25) is 0 Å². The Morgan fingerprint density at radius 2 is 1.72 bits per heavy atom. The zero-order valence-corrected chi connectivity index (χ0v) is 18.9. The van der Waals surface area contributed by atoms with Gasteiger partial charge in [0.05, 0.1) is 0 Å². The molecule has 0 radical (unpaired) electrons. The van der Waals surface area contributed by atoms with E-state index in [-0.39, 0.29) is 0 Å². The number of aromatic nitrogens is 1. The van der Waals surface area contributed by atoms with Gasteiger partial charge in [-0.15, -0.1) is 0 Å². The first-order chi connectivity index (χ1) is 15.5. The fraction of sp³-hybridized carbons (Fsp3) is 0.250. The lowest BCUT2D eigenvalue weighted by Gasteiger charge is -2.14. The van der Waals surface area contributed by atoms with Gasteiger partial charge in [-0.3, -0.25) is 0 Å². The van der Waals surface area contributed by atoms with Crippen molar-refractivity contribution in [2.45, 2.75) is 39.8 Å². The van der Waals surface area contributed by atoms with Gasteiger partial charge in [0, 0.05) is 36.1 Å². The first-order valence-electron chi connectivity index (χ1n) is 11.1. The van der Waals surface area contributed by atoms with E-state index in [0.717, 1.165) is 39.7 Å². The van der Waals surface area contributed by atoms with Crippen molar-refractivity contribution in [1.29, 1.82) is 0 Å². The zero-order chi connectivity index (χ0) is 22.7. The molecule has 1 atom stereocenters. The van der Waals surface area contributed by atoms with Gasteiger partial charge >= 0.3 is 5.97 Å². The molecule has 0 saturated carbocycles. The standard InChI is InChI=1S/C28H30N2O2/c1-19-13-14-24-25(17-29-16-21(3)22-10-5-4-6-11-22)27(28(31)32)30(26(24)15-19)18-23-12-8-7-9-20(23)2/h4-15,21,29H,16-18H2,1-3H3,(H,31,32)/t21-/m1/s1. The fourth-order valence-corrected chi connectivity index (χ4v) is 4.39. The van der Waals surface area contributed by atoms with Crippen molar-refractivity contribution in [3.05, 3.63) is 106 Å². The molecule has 4 nitrogen and oxygen atoms in total. The Hall–Kier alpha value is -3.37. The Bertz CT molecular complexity index is 1240. The van der Waals surface area contributed by atoms with Crippen LogP contribution < -0.4 is 5.32 Å². The maximum atomic E-state index is 12.4. The number of rotatable bonds is 8. The van der Waals surface area contributed by atoms with Crippen molar-refractivity contribution in [2.24, 2.45) is 0 Å². The number of carboxylic acid groups (broad SMARTS) is 1. The second-order valence-electron chi connectivity index (χ2n) is 8.61. The number of carbonyl (C=O) groups is 1. The van der Waals surface area contributed by atoms with E-state index in [1.807, 2.05) is 29.7 Å². The number of benzene rings is 3. The molecule has 0 aliphatic rings. The zero-order valence-electron chi connectivity index (χ0n) is 18.9. The second-order valence-corrected chi connectivity index (χ2v) is 8.61. The van der Waals surface area contributed by atoms with E-state index in [4.69, 9.17) is 0 Å². The Kier molecular flexibility index (Phi) is 6.42. The molecule has 164 valence electrons. The molecule has 4 heteroatoms. The normalized spacial score (nSPS) is 12.2. The predicted molar refractivity (Wildman–Crippen MR) is 130 cm³/mol. The van der Waals surface area contributed by atoms with E-state index in [0.29, 0.717) is 24.7 Å². The quantitative estimate of drug-likeness (QED) is 0.369. The maximum Gasteiger partial charge on any atom is 0.352 e. The smallest absolute Gasteiger partial charge is 0.352 e. The molecule has 0 spiro atoms. The van der Waals surface area contributed by atoms with Crippen molar-refractivity contribution in [3.63, 3.8) is 0 Å². The van der Waals surface area contributed by atoms with Crippen LogP contribution >= 0.6 is 0 Å². The average molecular weight is 427 g/mol.